The lowest BCUT2D eigenvalue weighted by atomic mass is 9.99. The lowest BCUT2D eigenvalue weighted by molar-refractivity contribution is -0.145. The van der Waals surface area contributed by atoms with Crippen LogP contribution in [0.5, 0.6) is 11.5 Å². The molecule has 0 heterocycles. The van der Waals surface area contributed by atoms with Crippen LogP contribution in [0.4, 0.5) is 5.69 Å². The largest absolute Gasteiger partial charge is 0.506 e. The molecule has 2 atom stereocenters. The Morgan fingerprint density at radius 1 is 1.25 bits per heavy atom. The maximum absolute atomic E-state index is 12.0. The Hall–Kier alpha value is -3.11. The number of rotatable bonds is 11. The molecule has 10 heteroatoms. The van der Waals surface area contributed by atoms with Crippen LogP contribution in [-0.2, 0) is 22.5 Å². The third-order valence-electron chi connectivity index (χ3n) is 5.00. The van der Waals surface area contributed by atoms with Crippen molar-refractivity contribution in [3.05, 3.63) is 53.1 Å². The monoisotopic (exact) mass is 463 g/mol. The van der Waals surface area contributed by atoms with Crippen LogP contribution in [0.2, 0.25) is 0 Å². The van der Waals surface area contributed by atoms with Crippen LogP contribution in [0.3, 0.4) is 0 Å². The van der Waals surface area contributed by atoms with E-state index in [0.717, 1.165) is 9.87 Å². The number of phenolic OH excluding ortho intramolecular Hbond substituents is 1. The first kappa shape index (κ1) is 25.2. The van der Waals surface area contributed by atoms with Gasteiger partial charge in [0.05, 0.1) is 5.69 Å². The lowest BCUT2D eigenvalue weighted by Gasteiger charge is -2.23. The molecule has 0 aliphatic heterocycles. The van der Waals surface area contributed by atoms with Gasteiger partial charge in [0.1, 0.15) is 17.3 Å². The van der Waals surface area contributed by atoms with Crippen molar-refractivity contribution in [2.45, 2.75) is 45.6 Å². The number of carboxylic acids is 1. The summed E-state index contributed by atoms with van der Waals surface area (Å²) in [5, 5.41) is 27.2. The third kappa shape index (κ3) is 6.21. The zero-order valence-corrected chi connectivity index (χ0v) is 19.1. The number of ether oxygens (including phenoxy) is 1. The van der Waals surface area contributed by atoms with Crippen molar-refractivity contribution >= 4 is 28.8 Å². The van der Waals surface area contributed by atoms with Crippen molar-refractivity contribution < 1.29 is 28.5 Å². The topological polar surface area (TPSA) is 157 Å². The molecule has 0 aliphatic rings. The molecule has 2 aromatic rings. The number of aromatic hydroxyl groups is 1. The summed E-state index contributed by atoms with van der Waals surface area (Å²) in [6.45, 7) is 5.74. The molecule has 32 heavy (non-hydrogen) atoms. The molecule has 0 saturated heterocycles. The summed E-state index contributed by atoms with van der Waals surface area (Å²) in [7, 11) is 0. The number of amidine groups is 1. The van der Waals surface area contributed by atoms with E-state index in [-0.39, 0.29) is 42.6 Å². The molecule has 0 bridgehead atoms. The van der Waals surface area contributed by atoms with E-state index in [9.17, 15) is 23.8 Å². The van der Waals surface area contributed by atoms with Crippen molar-refractivity contribution in [3.8, 4) is 11.5 Å². The van der Waals surface area contributed by atoms with E-state index in [2.05, 4.69) is 0 Å². The summed E-state index contributed by atoms with van der Waals surface area (Å²) in [5.41, 5.74) is 7.48. The summed E-state index contributed by atoms with van der Waals surface area (Å²) in [5.74, 6) is -0.951. The van der Waals surface area contributed by atoms with E-state index in [1.165, 1.54) is 18.2 Å². The number of nitrogens with one attached hydrogen (secondary N) is 1. The first-order valence-electron chi connectivity index (χ1n) is 10.1. The van der Waals surface area contributed by atoms with Crippen molar-refractivity contribution in [3.63, 3.8) is 0 Å². The van der Waals surface area contributed by atoms with Gasteiger partial charge >= 0.3 is 5.97 Å². The fourth-order valence-corrected chi connectivity index (χ4v) is 3.67. The number of hydrogen-bond donors (Lipinski definition) is 5. The second kappa shape index (κ2) is 11.0. The van der Waals surface area contributed by atoms with Crippen LogP contribution in [-0.4, -0.2) is 43.4 Å². The van der Waals surface area contributed by atoms with Crippen LogP contribution in [0, 0.1) is 5.41 Å². The zero-order valence-electron chi connectivity index (χ0n) is 18.2. The smallest absolute Gasteiger partial charge is 0.344 e. The zero-order chi connectivity index (χ0) is 24.0. The van der Waals surface area contributed by atoms with Gasteiger partial charge in [0.15, 0.2) is 6.10 Å². The molecule has 0 radical (unpaired) electrons. The summed E-state index contributed by atoms with van der Waals surface area (Å²) >= 11 is -2.47. The quantitative estimate of drug-likeness (QED) is 0.194. The van der Waals surface area contributed by atoms with Crippen LogP contribution >= 0.6 is 0 Å². The molecule has 0 spiro atoms. The van der Waals surface area contributed by atoms with Gasteiger partial charge in [-0.05, 0) is 54.2 Å². The van der Waals surface area contributed by atoms with E-state index in [4.69, 9.17) is 15.9 Å². The molecular weight excluding hydrogens is 434 g/mol. The molecular formula is C22H29N3O6S. The number of nitrogens with two attached hydrogens (primary N) is 1. The predicted molar refractivity (Wildman–Crippen MR) is 124 cm³/mol. The number of phenols is 1. The highest BCUT2D eigenvalue weighted by atomic mass is 32.2. The summed E-state index contributed by atoms with van der Waals surface area (Å²) in [6, 6.07) is 9.61. The maximum Gasteiger partial charge on any atom is 0.344 e. The highest BCUT2D eigenvalue weighted by Crippen LogP contribution is 2.31. The van der Waals surface area contributed by atoms with E-state index in [1.54, 1.807) is 13.0 Å². The lowest BCUT2D eigenvalue weighted by Crippen LogP contribution is -2.29. The average molecular weight is 464 g/mol. The highest BCUT2D eigenvalue weighted by molar-refractivity contribution is 7.80. The molecule has 174 valence electrons. The van der Waals surface area contributed by atoms with E-state index >= 15 is 0 Å². The molecule has 0 aliphatic carbocycles. The molecule has 6 N–H and O–H groups in total. The van der Waals surface area contributed by atoms with E-state index in [1.807, 2.05) is 26.0 Å². The Kier molecular flexibility index (Phi) is 8.62. The molecule has 0 amide bonds. The number of carboxylic acid groups (broad SMARTS) is 1. The molecule has 2 unspecified atom stereocenters. The van der Waals surface area contributed by atoms with Gasteiger partial charge in [-0.25, -0.2) is 9.00 Å². The van der Waals surface area contributed by atoms with E-state index in [0.29, 0.717) is 16.9 Å². The van der Waals surface area contributed by atoms with E-state index < -0.39 is 23.3 Å². The number of benzene rings is 2. The second-order valence-corrected chi connectivity index (χ2v) is 8.48. The maximum atomic E-state index is 12.0. The van der Waals surface area contributed by atoms with Crippen molar-refractivity contribution in [1.29, 1.82) is 5.41 Å². The third-order valence-corrected chi connectivity index (χ3v) is 5.76. The summed E-state index contributed by atoms with van der Waals surface area (Å²) < 4.78 is 28.7. The average Bonchev–Trinajstić information content (AvgIpc) is 2.73. The van der Waals surface area contributed by atoms with Gasteiger partial charge in [-0.2, -0.15) is 0 Å². The van der Waals surface area contributed by atoms with Crippen LogP contribution in [0.25, 0.3) is 0 Å². The number of anilines is 1. The first-order valence-corrected chi connectivity index (χ1v) is 11.2. The predicted octanol–water partition coefficient (Wildman–Crippen LogP) is 3.23. The van der Waals surface area contributed by atoms with Crippen molar-refractivity contribution in [2.75, 3.05) is 10.8 Å². The second-order valence-electron chi connectivity index (χ2n) is 7.57. The highest BCUT2D eigenvalue weighted by Gasteiger charge is 2.22. The van der Waals surface area contributed by atoms with Gasteiger partial charge in [-0.15, -0.1) is 0 Å². The van der Waals surface area contributed by atoms with Gasteiger partial charge in [-0.3, -0.25) is 14.3 Å². The van der Waals surface area contributed by atoms with Crippen LogP contribution in [0.15, 0.2) is 36.4 Å². The van der Waals surface area contributed by atoms with Crippen LogP contribution < -0.4 is 14.8 Å². The standard InChI is InChI=1S/C22H29N3O6S/c1-4-19(22(27)28)31-20-12-15(13(2)3)6-5-14(20)9-10-25(32(29)30)17-11-16(21(23)24)7-8-18(17)26/h5-8,11-13,19,26H,4,9-10H2,1-3H3,(H3,23,24)(H,27,28)(H,29,30). The number of nitrogen functional groups attached to an aromatic ring is 1. The summed E-state index contributed by atoms with van der Waals surface area (Å²) in [6.07, 6.45) is -0.505. The first-order chi connectivity index (χ1) is 15.0. The summed E-state index contributed by atoms with van der Waals surface area (Å²) in [4.78, 5) is 11.5. The Morgan fingerprint density at radius 2 is 1.94 bits per heavy atom. The minimum atomic E-state index is -2.47. The van der Waals surface area contributed by atoms with Gasteiger partial charge in [0, 0.05) is 12.1 Å². The number of nitrogens with zero attached hydrogens (tertiary/aromatic N) is 1. The SMILES string of the molecule is CCC(Oc1cc(C(C)C)ccc1CCN(c1cc(C(=N)N)ccc1O)S(=O)O)C(=O)O. The Balaban J connectivity index is 2.38. The molecule has 0 saturated carbocycles. The Bertz CT molecular complexity index is 1010. The van der Waals surface area contributed by atoms with Crippen molar-refractivity contribution in [1.82, 2.24) is 0 Å². The van der Waals surface area contributed by atoms with Gasteiger partial charge in [0.2, 0.25) is 0 Å². The minimum Gasteiger partial charge on any atom is -0.506 e. The van der Waals surface area contributed by atoms with Crippen molar-refractivity contribution in [2.24, 2.45) is 5.73 Å². The minimum absolute atomic E-state index is 0.0132. The number of carbonyl (C=O) groups is 1. The molecule has 2 rings (SSSR count). The Labute approximate surface area is 189 Å². The fraction of sp³-hybridized carbons (Fsp3) is 0.364. The van der Waals surface area contributed by atoms with Gasteiger partial charge in [0.25, 0.3) is 11.3 Å². The molecule has 0 aromatic heterocycles. The number of hydrogen-bond acceptors (Lipinski definition) is 5. The Morgan fingerprint density at radius 3 is 2.47 bits per heavy atom. The molecule has 9 nitrogen and oxygen atoms in total. The normalized spacial score (nSPS) is 12.9. The van der Waals surface area contributed by atoms with Crippen LogP contribution in [0.1, 0.15) is 49.8 Å². The molecule has 2 aromatic carbocycles. The molecule has 0 fully saturated rings. The van der Waals surface area contributed by atoms with Gasteiger partial charge in [-0.1, -0.05) is 32.9 Å². The number of aliphatic carboxylic acids is 1. The van der Waals surface area contributed by atoms with Gasteiger partial charge < -0.3 is 20.7 Å². The fourth-order valence-electron chi connectivity index (χ4n) is 3.10.